The lowest BCUT2D eigenvalue weighted by Crippen LogP contribution is -2.48. The number of ether oxygens (including phenoxy) is 1. The molecule has 1 atom stereocenters. The average molecular weight is 312 g/mol. The largest absolute Gasteiger partial charge is 0.484 e. The maximum Gasteiger partial charge on any atom is 0.260 e. The molecule has 1 unspecified atom stereocenters. The number of aliphatic hydroxyl groups excluding tert-OH is 1. The molecule has 116 valence electrons. The Morgan fingerprint density at radius 1 is 1.52 bits per heavy atom. The van der Waals surface area contributed by atoms with Crippen LogP contribution in [0.25, 0.3) is 0 Å². The molecule has 0 aromatic heterocycles. The Kier molecular flexibility index (Phi) is 5.48. The van der Waals surface area contributed by atoms with E-state index in [1.165, 1.54) is 0 Å². The second-order valence-corrected chi connectivity index (χ2v) is 6.11. The minimum atomic E-state index is -0.149. The summed E-state index contributed by atoms with van der Waals surface area (Å²) < 4.78 is 5.50. The third-order valence-electron chi connectivity index (χ3n) is 4.26. The highest BCUT2D eigenvalue weighted by Crippen LogP contribution is 2.32. The summed E-state index contributed by atoms with van der Waals surface area (Å²) >= 11 is 5.88. The number of carbonyl (C=O) groups is 1. The topological polar surface area (TPSA) is 49.8 Å². The molecule has 0 spiro atoms. The molecule has 4 nitrogen and oxygen atoms in total. The fourth-order valence-corrected chi connectivity index (χ4v) is 2.92. The number of benzene rings is 1. The van der Waals surface area contributed by atoms with Crippen LogP contribution in [0.4, 0.5) is 0 Å². The van der Waals surface area contributed by atoms with E-state index in [1.54, 1.807) is 29.2 Å². The van der Waals surface area contributed by atoms with Gasteiger partial charge >= 0.3 is 0 Å². The van der Waals surface area contributed by atoms with Crippen LogP contribution in [0.3, 0.4) is 0 Å². The van der Waals surface area contributed by atoms with Crippen LogP contribution in [0.1, 0.15) is 26.2 Å². The fraction of sp³-hybridized carbons (Fsp3) is 0.562. The third-order valence-corrected chi connectivity index (χ3v) is 4.49. The number of aliphatic hydroxyl groups is 1. The summed E-state index contributed by atoms with van der Waals surface area (Å²) in [5.41, 5.74) is -0.149. The number of nitrogens with zero attached hydrogens (tertiary/aromatic N) is 1. The van der Waals surface area contributed by atoms with Crippen LogP contribution in [0.2, 0.25) is 5.02 Å². The van der Waals surface area contributed by atoms with E-state index in [-0.39, 0.29) is 24.5 Å². The normalized spacial score (nSPS) is 22.1. The Bertz CT molecular complexity index is 488. The van der Waals surface area contributed by atoms with Crippen LogP contribution in [0.15, 0.2) is 24.3 Å². The van der Waals surface area contributed by atoms with Crippen molar-refractivity contribution in [3.8, 4) is 5.75 Å². The predicted molar refractivity (Wildman–Crippen MR) is 82.6 cm³/mol. The lowest BCUT2D eigenvalue weighted by molar-refractivity contribution is -0.137. The molecule has 0 radical (unpaired) electrons. The van der Waals surface area contributed by atoms with Gasteiger partial charge in [0.1, 0.15) is 5.75 Å². The zero-order chi connectivity index (χ0) is 15.3. The number of amides is 1. The van der Waals surface area contributed by atoms with E-state index in [1.807, 2.05) is 0 Å². The summed E-state index contributed by atoms with van der Waals surface area (Å²) in [6, 6.07) is 7.02. The second kappa shape index (κ2) is 7.14. The SMILES string of the molecule is CCC1(CO)CCCN(C(=O)COc2cccc(Cl)c2)C1. The van der Waals surface area contributed by atoms with Crippen LogP contribution in [-0.2, 0) is 4.79 Å². The molecule has 0 aliphatic carbocycles. The fourth-order valence-electron chi connectivity index (χ4n) is 2.74. The van der Waals surface area contributed by atoms with E-state index in [0.717, 1.165) is 25.8 Å². The van der Waals surface area contributed by atoms with E-state index in [4.69, 9.17) is 16.3 Å². The summed E-state index contributed by atoms with van der Waals surface area (Å²) in [5.74, 6) is 0.553. The van der Waals surface area contributed by atoms with Gasteiger partial charge < -0.3 is 14.7 Å². The number of rotatable bonds is 5. The van der Waals surface area contributed by atoms with Crippen molar-refractivity contribution in [2.45, 2.75) is 26.2 Å². The van der Waals surface area contributed by atoms with Gasteiger partial charge in [0.15, 0.2) is 6.61 Å². The van der Waals surface area contributed by atoms with Crippen molar-refractivity contribution in [1.29, 1.82) is 0 Å². The minimum absolute atomic E-state index is 0.00552. The summed E-state index contributed by atoms with van der Waals surface area (Å²) in [6.07, 6.45) is 2.78. The molecule has 1 aliphatic rings. The van der Waals surface area contributed by atoms with Gasteiger partial charge in [0, 0.05) is 23.5 Å². The van der Waals surface area contributed by atoms with Gasteiger partial charge in [-0.05, 0) is 37.5 Å². The molecular weight excluding hydrogens is 290 g/mol. The first-order chi connectivity index (χ1) is 10.1. The zero-order valence-electron chi connectivity index (χ0n) is 12.3. The number of hydrogen-bond acceptors (Lipinski definition) is 3. The quantitative estimate of drug-likeness (QED) is 0.909. The van der Waals surface area contributed by atoms with E-state index in [9.17, 15) is 9.90 Å². The Morgan fingerprint density at radius 2 is 2.33 bits per heavy atom. The molecule has 1 fully saturated rings. The first-order valence-electron chi connectivity index (χ1n) is 7.35. The van der Waals surface area contributed by atoms with Gasteiger partial charge in [0.05, 0.1) is 6.61 Å². The molecule has 1 aromatic rings. The van der Waals surface area contributed by atoms with Gasteiger partial charge in [-0.3, -0.25) is 4.79 Å². The van der Waals surface area contributed by atoms with E-state index >= 15 is 0 Å². The highest BCUT2D eigenvalue weighted by atomic mass is 35.5. The van der Waals surface area contributed by atoms with Crippen molar-refractivity contribution in [1.82, 2.24) is 4.90 Å². The molecular formula is C16H22ClNO3. The Balaban J connectivity index is 1.91. The molecule has 1 aromatic carbocycles. The summed E-state index contributed by atoms with van der Waals surface area (Å²) in [7, 11) is 0. The molecule has 1 N–H and O–H groups in total. The van der Waals surface area contributed by atoms with Crippen molar-refractivity contribution < 1.29 is 14.6 Å². The van der Waals surface area contributed by atoms with Gasteiger partial charge in [0.25, 0.3) is 5.91 Å². The van der Waals surface area contributed by atoms with Crippen molar-refractivity contribution in [2.24, 2.45) is 5.41 Å². The zero-order valence-corrected chi connectivity index (χ0v) is 13.1. The second-order valence-electron chi connectivity index (χ2n) is 5.68. The highest BCUT2D eigenvalue weighted by molar-refractivity contribution is 6.30. The summed E-state index contributed by atoms with van der Waals surface area (Å²) in [6.45, 7) is 3.54. The first kappa shape index (κ1) is 16.1. The summed E-state index contributed by atoms with van der Waals surface area (Å²) in [5, 5.41) is 10.2. The van der Waals surface area contributed by atoms with E-state index in [2.05, 4.69) is 6.92 Å². The van der Waals surface area contributed by atoms with E-state index < -0.39 is 0 Å². The Hall–Kier alpha value is -1.26. The van der Waals surface area contributed by atoms with Gasteiger partial charge in [0.2, 0.25) is 0 Å². The smallest absolute Gasteiger partial charge is 0.260 e. The van der Waals surface area contributed by atoms with E-state index in [0.29, 0.717) is 17.3 Å². The summed E-state index contributed by atoms with van der Waals surface area (Å²) in [4.78, 5) is 14.1. The molecule has 1 heterocycles. The lowest BCUT2D eigenvalue weighted by atomic mass is 9.78. The lowest BCUT2D eigenvalue weighted by Gasteiger charge is -2.41. The van der Waals surface area contributed by atoms with Crippen molar-refractivity contribution in [3.63, 3.8) is 0 Å². The van der Waals surface area contributed by atoms with Gasteiger partial charge in [-0.1, -0.05) is 24.6 Å². The number of halogens is 1. The maximum atomic E-state index is 12.3. The van der Waals surface area contributed by atoms with Crippen LogP contribution in [0, 0.1) is 5.41 Å². The third kappa shape index (κ3) is 4.11. The molecule has 2 rings (SSSR count). The van der Waals surface area contributed by atoms with Crippen LogP contribution >= 0.6 is 11.6 Å². The standard InChI is InChI=1S/C16H22ClNO3/c1-2-16(12-19)7-4-8-18(11-16)15(20)10-21-14-6-3-5-13(17)9-14/h3,5-6,9,19H,2,4,7-8,10-12H2,1H3. The van der Waals surface area contributed by atoms with Gasteiger partial charge in [-0.25, -0.2) is 0 Å². The number of hydrogen-bond donors (Lipinski definition) is 1. The minimum Gasteiger partial charge on any atom is -0.484 e. The van der Waals surface area contributed by atoms with Crippen molar-refractivity contribution in [2.75, 3.05) is 26.3 Å². The number of piperidine rings is 1. The van der Waals surface area contributed by atoms with Gasteiger partial charge in [-0.2, -0.15) is 0 Å². The highest BCUT2D eigenvalue weighted by Gasteiger charge is 2.35. The molecule has 1 amide bonds. The van der Waals surface area contributed by atoms with Gasteiger partial charge in [-0.15, -0.1) is 0 Å². The molecule has 1 aliphatic heterocycles. The van der Waals surface area contributed by atoms with Crippen LogP contribution in [0.5, 0.6) is 5.75 Å². The molecule has 21 heavy (non-hydrogen) atoms. The number of likely N-dealkylation sites (tertiary alicyclic amines) is 1. The average Bonchev–Trinajstić information content (AvgIpc) is 2.52. The number of carbonyl (C=O) groups excluding carboxylic acids is 1. The Labute approximate surface area is 130 Å². The first-order valence-corrected chi connectivity index (χ1v) is 7.73. The van der Waals surface area contributed by atoms with Crippen molar-refractivity contribution >= 4 is 17.5 Å². The van der Waals surface area contributed by atoms with Crippen molar-refractivity contribution in [3.05, 3.63) is 29.3 Å². The van der Waals surface area contributed by atoms with Crippen LogP contribution < -0.4 is 4.74 Å². The Morgan fingerprint density at radius 3 is 3.00 bits per heavy atom. The monoisotopic (exact) mass is 311 g/mol. The molecule has 1 saturated heterocycles. The molecule has 0 bridgehead atoms. The predicted octanol–water partition coefficient (Wildman–Crippen LogP) is 2.73. The maximum absolute atomic E-state index is 12.3. The molecule has 5 heteroatoms. The van der Waals surface area contributed by atoms with Crippen LogP contribution in [-0.4, -0.2) is 42.2 Å². The molecule has 0 saturated carbocycles.